The van der Waals surface area contributed by atoms with Gasteiger partial charge in [0.15, 0.2) is 5.11 Å². The van der Waals surface area contributed by atoms with Crippen molar-refractivity contribution >= 4 is 40.9 Å². The zero-order chi connectivity index (χ0) is 18.0. The summed E-state index contributed by atoms with van der Waals surface area (Å²) < 4.78 is 5.28. The molecule has 2 amide bonds. The van der Waals surface area contributed by atoms with Crippen LogP contribution in [0, 0.1) is 6.92 Å². The summed E-state index contributed by atoms with van der Waals surface area (Å²) in [4.78, 5) is 26.6. The van der Waals surface area contributed by atoms with E-state index in [2.05, 4.69) is 5.32 Å². The number of carbonyl (C=O) groups excluding carboxylic acids is 2. The van der Waals surface area contributed by atoms with Crippen molar-refractivity contribution in [2.45, 2.75) is 6.92 Å². The maximum atomic E-state index is 13.0. The van der Waals surface area contributed by atoms with Crippen LogP contribution in [0.1, 0.15) is 11.1 Å². The third-order valence-corrected chi connectivity index (χ3v) is 4.18. The van der Waals surface area contributed by atoms with Crippen molar-refractivity contribution in [3.8, 4) is 5.75 Å². The predicted octanol–water partition coefficient (Wildman–Crippen LogP) is 2.83. The average molecular weight is 352 g/mol. The number of carbonyl (C=O) groups is 2. The lowest BCUT2D eigenvalue weighted by Gasteiger charge is -2.30. The smallest absolute Gasteiger partial charge is 0.270 e. The molecule has 0 aromatic heterocycles. The highest BCUT2D eigenvalue weighted by Crippen LogP contribution is 2.26. The molecule has 1 aliphatic heterocycles. The summed E-state index contributed by atoms with van der Waals surface area (Å²) >= 11 is 5.21. The van der Waals surface area contributed by atoms with Gasteiger partial charge in [0.05, 0.1) is 12.8 Å². The maximum Gasteiger partial charge on any atom is 0.270 e. The van der Waals surface area contributed by atoms with Crippen molar-refractivity contribution in [1.29, 1.82) is 0 Å². The number of anilines is 1. The second-order valence-electron chi connectivity index (χ2n) is 5.49. The molecule has 126 valence electrons. The lowest BCUT2D eigenvalue weighted by Crippen LogP contribution is -2.54. The van der Waals surface area contributed by atoms with Gasteiger partial charge in [0, 0.05) is 5.56 Å². The molecule has 1 N–H and O–H groups in total. The molecule has 0 aliphatic carbocycles. The molecule has 0 unspecified atom stereocenters. The first-order chi connectivity index (χ1) is 12.0. The van der Waals surface area contributed by atoms with Crippen LogP contribution < -0.4 is 15.0 Å². The molecule has 6 heteroatoms. The number of ether oxygens (including phenoxy) is 1. The molecule has 3 rings (SSSR count). The van der Waals surface area contributed by atoms with Gasteiger partial charge in [0.25, 0.3) is 11.8 Å². The Bertz CT molecular complexity index is 905. The Balaban J connectivity index is 2.07. The number of amides is 2. The largest absolute Gasteiger partial charge is 0.496 e. The highest BCUT2D eigenvalue weighted by Gasteiger charge is 2.35. The number of nitrogens with one attached hydrogen (secondary N) is 1. The molecule has 5 nitrogen and oxygen atoms in total. The summed E-state index contributed by atoms with van der Waals surface area (Å²) in [6.07, 6.45) is 1.52. The van der Waals surface area contributed by atoms with Crippen molar-refractivity contribution < 1.29 is 14.3 Å². The standard InChI is InChI=1S/C19H16N2O3S/c1-12-7-3-5-9-15(12)21-18(23)14(17(22)20-19(21)25)11-13-8-4-6-10-16(13)24-2/h3-11H,1-2H3,(H,20,22,25). The predicted molar refractivity (Wildman–Crippen MR) is 100 cm³/mol. The number of aryl methyl sites for hydroxylation is 1. The van der Waals surface area contributed by atoms with Crippen LogP contribution in [-0.2, 0) is 9.59 Å². The molecule has 0 saturated carbocycles. The lowest BCUT2D eigenvalue weighted by atomic mass is 10.1. The van der Waals surface area contributed by atoms with E-state index in [-0.39, 0.29) is 10.7 Å². The van der Waals surface area contributed by atoms with E-state index in [1.165, 1.54) is 18.1 Å². The maximum absolute atomic E-state index is 13.0. The van der Waals surface area contributed by atoms with Crippen LogP contribution in [0.2, 0.25) is 0 Å². The Labute approximate surface area is 150 Å². The summed E-state index contributed by atoms with van der Waals surface area (Å²) in [6, 6.07) is 14.5. The van der Waals surface area contributed by atoms with Crippen molar-refractivity contribution in [2.24, 2.45) is 0 Å². The zero-order valence-electron chi connectivity index (χ0n) is 13.8. The first-order valence-corrected chi connectivity index (χ1v) is 8.04. The van der Waals surface area contributed by atoms with Crippen molar-refractivity contribution in [3.63, 3.8) is 0 Å². The molecule has 0 bridgehead atoms. The quantitative estimate of drug-likeness (QED) is 0.524. The number of thiocarbonyl (C=S) groups is 1. The van der Waals surface area contributed by atoms with Crippen LogP contribution in [0.4, 0.5) is 5.69 Å². The van der Waals surface area contributed by atoms with Crippen LogP contribution in [0.3, 0.4) is 0 Å². The molecule has 1 fully saturated rings. The highest BCUT2D eigenvalue weighted by atomic mass is 32.1. The Morgan fingerprint density at radius 3 is 2.48 bits per heavy atom. The molecule has 2 aromatic carbocycles. The van der Waals surface area contributed by atoms with Gasteiger partial charge in [-0.1, -0.05) is 36.4 Å². The van der Waals surface area contributed by atoms with Crippen LogP contribution in [0.5, 0.6) is 5.75 Å². The number of rotatable bonds is 3. The van der Waals surface area contributed by atoms with Gasteiger partial charge in [-0.2, -0.15) is 0 Å². The minimum absolute atomic E-state index is 0.00125. The number of hydrogen-bond acceptors (Lipinski definition) is 4. The molecule has 1 aliphatic rings. The Hall–Kier alpha value is -2.99. The monoisotopic (exact) mass is 352 g/mol. The first-order valence-electron chi connectivity index (χ1n) is 7.63. The normalized spacial score (nSPS) is 16.2. The number of methoxy groups -OCH3 is 1. The summed E-state index contributed by atoms with van der Waals surface area (Å²) in [5, 5.41) is 2.65. The average Bonchev–Trinajstić information content (AvgIpc) is 2.60. The number of nitrogens with zero attached hydrogens (tertiary/aromatic N) is 1. The van der Waals surface area contributed by atoms with Gasteiger partial charge >= 0.3 is 0 Å². The Morgan fingerprint density at radius 1 is 1.08 bits per heavy atom. The molecule has 1 heterocycles. The van der Waals surface area contributed by atoms with Crippen LogP contribution in [-0.4, -0.2) is 24.0 Å². The fourth-order valence-corrected chi connectivity index (χ4v) is 2.91. The molecule has 0 radical (unpaired) electrons. The molecule has 1 saturated heterocycles. The molecule has 0 spiro atoms. The van der Waals surface area contributed by atoms with E-state index in [4.69, 9.17) is 17.0 Å². The zero-order valence-corrected chi connectivity index (χ0v) is 14.6. The lowest BCUT2D eigenvalue weighted by molar-refractivity contribution is -0.122. The van der Waals surface area contributed by atoms with E-state index in [0.29, 0.717) is 17.0 Å². The second kappa shape index (κ2) is 6.86. The van der Waals surface area contributed by atoms with Gasteiger partial charge in [0.1, 0.15) is 11.3 Å². The summed E-state index contributed by atoms with van der Waals surface area (Å²) in [7, 11) is 1.54. The molecule has 25 heavy (non-hydrogen) atoms. The summed E-state index contributed by atoms with van der Waals surface area (Å²) in [5.41, 5.74) is 2.16. The second-order valence-corrected chi connectivity index (χ2v) is 5.87. The van der Waals surface area contributed by atoms with E-state index < -0.39 is 11.8 Å². The fraction of sp³-hybridized carbons (Fsp3) is 0.105. The van der Waals surface area contributed by atoms with Gasteiger partial charge in [0.2, 0.25) is 0 Å². The number of hydrogen-bond donors (Lipinski definition) is 1. The Morgan fingerprint density at radius 2 is 1.76 bits per heavy atom. The van der Waals surface area contributed by atoms with Gasteiger partial charge in [-0.15, -0.1) is 0 Å². The third kappa shape index (κ3) is 3.16. The van der Waals surface area contributed by atoms with E-state index >= 15 is 0 Å². The van der Waals surface area contributed by atoms with Gasteiger partial charge in [-0.05, 0) is 42.9 Å². The third-order valence-electron chi connectivity index (χ3n) is 3.90. The van der Waals surface area contributed by atoms with Crippen molar-refractivity contribution in [1.82, 2.24) is 5.32 Å². The van der Waals surface area contributed by atoms with Gasteiger partial charge < -0.3 is 4.74 Å². The van der Waals surface area contributed by atoms with Gasteiger partial charge in [-0.25, -0.2) is 0 Å². The topological polar surface area (TPSA) is 58.6 Å². The van der Waals surface area contributed by atoms with Crippen LogP contribution in [0.25, 0.3) is 6.08 Å². The molecule has 2 aromatic rings. The van der Waals surface area contributed by atoms with Gasteiger partial charge in [-0.3, -0.25) is 19.8 Å². The molecular weight excluding hydrogens is 336 g/mol. The first kappa shape index (κ1) is 16.9. The molecular formula is C19H16N2O3S. The van der Waals surface area contributed by atoms with E-state index in [1.54, 1.807) is 18.2 Å². The Kier molecular flexibility index (Phi) is 4.63. The SMILES string of the molecule is COc1ccccc1C=C1C(=O)NC(=S)N(c2ccccc2C)C1=O. The van der Waals surface area contributed by atoms with Crippen LogP contribution >= 0.6 is 12.2 Å². The van der Waals surface area contributed by atoms with E-state index in [1.807, 2.05) is 37.3 Å². The fourth-order valence-electron chi connectivity index (χ4n) is 2.63. The highest BCUT2D eigenvalue weighted by molar-refractivity contribution is 7.80. The van der Waals surface area contributed by atoms with E-state index in [0.717, 1.165) is 5.56 Å². The van der Waals surface area contributed by atoms with E-state index in [9.17, 15) is 9.59 Å². The minimum Gasteiger partial charge on any atom is -0.496 e. The summed E-state index contributed by atoms with van der Waals surface area (Å²) in [6.45, 7) is 1.88. The van der Waals surface area contributed by atoms with Crippen molar-refractivity contribution in [3.05, 3.63) is 65.2 Å². The number of benzene rings is 2. The van der Waals surface area contributed by atoms with Crippen molar-refractivity contribution in [2.75, 3.05) is 12.0 Å². The minimum atomic E-state index is -0.522. The van der Waals surface area contributed by atoms with Crippen LogP contribution in [0.15, 0.2) is 54.1 Å². The molecule has 0 atom stereocenters. The number of para-hydroxylation sites is 2. The summed E-state index contributed by atoms with van der Waals surface area (Å²) in [5.74, 6) is -0.411.